The number of nitrogens with one attached hydrogen (secondary N) is 1. The molecule has 0 bridgehead atoms. The van der Waals surface area contributed by atoms with Crippen molar-refractivity contribution < 1.29 is 18.3 Å². The second kappa shape index (κ2) is 7.25. The first-order valence-corrected chi connectivity index (χ1v) is 7.68. The van der Waals surface area contributed by atoms with Crippen LogP contribution in [0.15, 0.2) is 29.2 Å². The maximum atomic E-state index is 11.9. The molecule has 0 aromatic heterocycles. The van der Waals surface area contributed by atoms with Crippen molar-refractivity contribution in [3.63, 3.8) is 0 Å². The fourth-order valence-corrected chi connectivity index (χ4v) is 2.66. The molecule has 1 aromatic carbocycles. The van der Waals surface area contributed by atoms with Crippen LogP contribution in [0.3, 0.4) is 0 Å². The molecule has 0 saturated heterocycles. The van der Waals surface area contributed by atoms with Gasteiger partial charge in [0.1, 0.15) is 0 Å². The van der Waals surface area contributed by atoms with Gasteiger partial charge in [0.2, 0.25) is 10.0 Å². The van der Waals surface area contributed by atoms with E-state index in [1.807, 2.05) is 6.92 Å². The van der Waals surface area contributed by atoms with Crippen molar-refractivity contribution in [3.05, 3.63) is 29.8 Å². The zero-order chi connectivity index (χ0) is 14.3. The Bertz CT molecular complexity index is 508. The fraction of sp³-hybridized carbons (Fsp3) is 0.462. The number of carbonyl (C=O) groups is 1. The van der Waals surface area contributed by atoms with Gasteiger partial charge in [0.25, 0.3) is 0 Å². The van der Waals surface area contributed by atoms with Gasteiger partial charge >= 0.3 is 5.97 Å². The van der Waals surface area contributed by atoms with Crippen molar-refractivity contribution >= 4 is 16.0 Å². The third-order valence-corrected chi connectivity index (χ3v) is 4.17. The lowest BCUT2D eigenvalue weighted by Gasteiger charge is -2.06. The van der Waals surface area contributed by atoms with E-state index >= 15 is 0 Å². The maximum absolute atomic E-state index is 11.9. The molecular weight excluding hydrogens is 266 g/mol. The van der Waals surface area contributed by atoms with Gasteiger partial charge < -0.3 is 5.11 Å². The van der Waals surface area contributed by atoms with Gasteiger partial charge in [0, 0.05) is 13.0 Å². The molecule has 2 N–H and O–H groups in total. The summed E-state index contributed by atoms with van der Waals surface area (Å²) < 4.78 is 26.3. The molecule has 0 fully saturated rings. The molecule has 0 atom stereocenters. The molecule has 0 saturated carbocycles. The van der Waals surface area contributed by atoms with E-state index in [0.29, 0.717) is 25.8 Å². The van der Waals surface area contributed by atoms with Gasteiger partial charge in [0.05, 0.1) is 4.90 Å². The minimum atomic E-state index is -3.45. The first-order valence-electron chi connectivity index (χ1n) is 6.20. The minimum Gasteiger partial charge on any atom is -0.481 e. The third kappa shape index (κ3) is 5.85. The van der Waals surface area contributed by atoms with Crippen LogP contribution in [0.4, 0.5) is 0 Å². The second-order valence-electron chi connectivity index (χ2n) is 4.42. The Morgan fingerprint density at radius 1 is 1.16 bits per heavy atom. The average molecular weight is 285 g/mol. The molecule has 5 nitrogen and oxygen atoms in total. The number of aliphatic carboxylic acids is 1. The van der Waals surface area contributed by atoms with Gasteiger partial charge in [-0.2, -0.15) is 0 Å². The Morgan fingerprint density at radius 2 is 1.79 bits per heavy atom. The number of unbranched alkanes of at least 4 members (excludes halogenated alkanes) is 2. The van der Waals surface area contributed by atoms with Crippen LogP contribution in [0.2, 0.25) is 0 Å². The molecule has 6 heteroatoms. The van der Waals surface area contributed by atoms with Crippen molar-refractivity contribution in [2.45, 2.75) is 37.5 Å². The van der Waals surface area contributed by atoms with Crippen LogP contribution >= 0.6 is 0 Å². The lowest BCUT2D eigenvalue weighted by atomic mass is 10.2. The van der Waals surface area contributed by atoms with Crippen LogP contribution in [-0.4, -0.2) is 26.0 Å². The highest BCUT2D eigenvalue weighted by Gasteiger charge is 2.12. The van der Waals surface area contributed by atoms with E-state index in [0.717, 1.165) is 5.56 Å². The molecule has 0 aliphatic rings. The summed E-state index contributed by atoms with van der Waals surface area (Å²) in [7, 11) is -3.45. The molecular formula is C13H19NO4S. The Balaban J connectivity index is 2.35. The van der Waals surface area contributed by atoms with Gasteiger partial charge in [-0.3, -0.25) is 4.79 Å². The zero-order valence-corrected chi connectivity index (χ0v) is 11.7. The van der Waals surface area contributed by atoms with Gasteiger partial charge in [-0.1, -0.05) is 24.1 Å². The molecule has 1 aromatic rings. The number of carboxylic acid groups (broad SMARTS) is 1. The van der Waals surface area contributed by atoms with Gasteiger partial charge in [0.15, 0.2) is 0 Å². The Hall–Kier alpha value is -1.40. The number of hydrogen-bond acceptors (Lipinski definition) is 3. The molecule has 0 aliphatic carbocycles. The number of aryl methyl sites for hydroxylation is 1. The van der Waals surface area contributed by atoms with Crippen LogP contribution in [0.1, 0.15) is 31.2 Å². The third-order valence-electron chi connectivity index (χ3n) is 2.69. The largest absolute Gasteiger partial charge is 0.481 e. The Labute approximate surface area is 113 Å². The van der Waals surface area contributed by atoms with E-state index in [1.165, 1.54) is 0 Å². The van der Waals surface area contributed by atoms with Crippen molar-refractivity contribution in [1.29, 1.82) is 0 Å². The van der Waals surface area contributed by atoms with E-state index in [2.05, 4.69) is 4.72 Å². The van der Waals surface area contributed by atoms with Gasteiger partial charge in [-0.15, -0.1) is 0 Å². The summed E-state index contributed by atoms with van der Waals surface area (Å²) >= 11 is 0. The minimum absolute atomic E-state index is 0.130. The van der Waals surface area contributed by atoms with Gasteiger partial charge in [-0.25, -0.2) is 13.1 Å². The molecule has 106 valence electrons. The second-order valence-corrected chi connectivity index (χ2v) is 6.18. The highest BCUT2D eigenvalue weighted by Crippen LogP contribution is 2.10. The van der Waals surface area contributed by atoms with Crippen LogP contribution < -0.4 is 4.72 Å². The summed E-state index contributed by atoms with van der Waals surface area (Å²) in [4.78, 5) is 10.5. The standard InChI is InChI=1S/C13H19NO4S/c1-11-6-8-12(9-7-11)19(17,18)14-10-4-2-3-5-13(15)16/h6-9,14H,2-5,10H2,1H3,(H,15,16). The van der Waals surface area contributed by atoms with Crippen molar-refractivity contribution in [3.8, 4) is 0 Å². The highest BCUT2D eigenvalue weighted by molar-refractivity contribution is 7.89. The molecule has 19 heavy (non-hydrogen) atoms. The SMILES string of the molecule is Cc1ccc(S(=O)(=O)NCCCCCC(=O)O)cc1. The molecule has 0 heterocycles. The van der Waals surface area contributed by atoms with E-state index < -0.39 is 16.0 Å². The van der Waals surface area contributed by atoms with E-state index in [-0.39, 0.29) is 11.3 Å². The van der Waals surface area contributed by atoms with Crippen LogP contribution in [0.25, 0.3) is 0 Å². The monoisotopic (exact) mass is 285 g/mol. The summed E-state index contributed by atoms with van der Waals surface area (Å²) in [6.45, 7) is 2.22. The Kier molecular flexibility index (Phi) is 5.98. The number of sulfonamides is 1. The first kappa shape index (κ1) is 15.7. The smallest absolute Gasteiger partial charge is 0.303 e. The van der Waals surface area contributed by atoms with Gasteiger partial charge in [-0.05, 0) is 31.9 Å². The van der Waals surface area contributed by atoms with Crippen molar-refractivity contribution in [1.82, 2.24) is 4.72 Å². The summed E-state index contributed by atoms with van der Waals surface area (Å²) in [6, 6.07) is 6.65. The molecule has 1 rings (SSSR count). The van der Waals surface area contributed by atoms with E-state index in [1.54, 1.807) is 24.3 Å². The lowest BCUT2D eigenvalue weighted by Crippen LogP contribution is -2.24. The number of hydrogen-bond donors (Lipinski definition) is 2. The average Bonchev–Trinajstić information content (AvgIpc) is 2.34. The van der Waals surface area contributed by atoms with Crippen LogP contribution in [0, 0.1) is 6.92 Å². The molecule has 0 amide bonds. The molecule has 0 spiro atoms. The first-order chi connectivity index (χ1) is 8.92. The van der Waals surface area contributed by atoms with Crippen LogP contribution in [0.5, 0.6) is 0 Å². The quantitative estimate of drug-likeness (QED) is 0.715. The highest BCUT2D eigenvalue weighted by atomic mass is 32.2. The van der Waals surface area contributed by atoms with Crippen molar-refractivity contribution in [2.24, 2.45) is 0 Å². The molecule has 0 unspecified atom stereocenters. The van der Waals surface area contributed by atoms with Crippen molar-refractivity contribution in [2.75, 3.05) is 6.54 Å². The Morgan fingerprint density at radius 3 is 2.37 bits per heavy atom. The normalized spacial score (nSPS) is 11.4. The zero-order valence-electron chi connectivity index (χ0n) is 10.9. The predicted octanol–water partition coefficient (Wildman–Crippen LogP) is 1.92. The summed E-state index contributed by atoms with van der Waals surface area (Å²) in [5, 5.41) is 8.46. The maximum Gasteiger partial charge on any atom is 0.303 e. The summed E-state index contributed by atoms with van der Waals surface area (Å²) in [5.74, 6) is -0.819. The summed E-state index contributed by atoms with van der Waals surface area (Å²) in [6.07, 6.45) is 2.04. The van der Waals surface area contributed by atoms with E-state index in [4.69, 9.17) is 5.11 Å². The predicted molar refractivity (Wildman–Crippen MR) is 72.5 cm³/mol. The lowest BCUT2D eigenvalue weighted by molar-refractivity contribution is -0.137. The van der Waals surface area contributed by atoms with E-state index in [9.17, 15) is 13.2 Å². The van der Waals surface area contributed by atoms with Crippen LogP contribution in [-0.2, 0) is 14.8 Å². The number of rotatable bonds is 8. The molecule has 0 aliphatic heterocycles. The topological polar surface area (TPSA) is 83.5 Å². The number of carboxylic acids is 1. The molecule has 0 radical (unpaired) electrons. The summed E-state index contributed by atoms with van der Waals surface area (Å²) in [5.41, 5.74) is 1.01. The number of benzene rings is 1. The fourth-order valence-electron chi connectivity index (χ4n) is 1.59.